The van der Waals surface area contributed by atoms with Gasteiger partial charge < -0.3 is 9.32 Å². The quantitative estimate of drug-likeness (QED) is 0.405. The normalized spacial score (nSPS) is 22.0. The van der Waals surface area contributed by atoms with E-state index in [1.165, 1.54) is 44.3 Å². The van der Waals surface area contributed by atoms with Crippen LogP contribution in [0.3, 0.4) is 0 Å². The highest BCUT2D eigenvalue weighted by Gasteiger charge is 2.30. The van der Waals surface area contributed by atoms with Crippen molar-refractivity contribution >= 4 is 0 Å². The minimum absolute atomic E-state index is 0.196. The molecule has 0 N–H and O–H groups in total. The summed E-state index contributed by atoms with van der Waals surface area (Å²) in [6.45, 7) is 2.35. The van der Waals surface area contributed by atoms with Crippen molar-refractivity contribution < 1.29 is 4.42 Å². The zero-order valence-corrected chi connectivity index (χ0v) is 19.1. The van der Waals surface area contributed by atoms with Crippen LogP contribution in [0.15, 0.2) is 58.4 Å². The van der Waals surface area contributed by atoms with Crippen molar-refractivity contribution in [3.63, 3.8) is 0 Å². The van der Waals surface area contributed by atoms with Gasteiger partial charge >= 0.3 is 0 Å². The Kier molecular flexibility index (Phi) is 5.58. The Morgan fingerprint density at radius 2 is 1.70 bits per heavy atom. The van der Waals surface area contributed by atoms with E-state index < -0.39 is 0 Å². The molecular formula is C28H31N3O2. The molecule has 170 valence electrons. The molecule has 2 aromatic heterocycles. The average molecular weight is 442 g/mol. The monoisotopic (exact) mass is 441 g/mol. The standard InChI is InChI=1S/C28H31N3O2/c32-30-26-8-6-21-17-22(5-7-24(21)26)25-18-27(33-28(25)20-9-13-29-14-10-20)19-11-15-31(16-12-19)23-3-1-2-4-23/h5,7,9-10,13-14,17-19,23,26H,1-4,6,8,11-12,15-16H2. The maximum Gasteiger partial charge on any atom is 0.142 e. The van der Waals surface area contributed by atoms with Crippen LogP contribution in [0.5, 0.6) is 0 Å². The average Bonchev–Trinajstić information content (AvgIpc) is 3.64. The van der Waals surface area contributed by atoms with E-state index in [9.17, 15) is 4.91 Å². The third kappa shape index (κ3) is 3.93. The number of fused-ring (bicyclic) bond motifs is 1. The Morgan fingerprint density at radius 3 is 2.45 bits per heavy atom. The molecule has 3 heterocycles. The molecule has 0 amide bonds. The SMILES string of the molecule is O=NC1CCc2cc(-c3cc(C4CCN(C5CCCC5)CC4)oc3-c3ccncc3)ccc21. The number of nitroso groups, excluding NO2 is 1. The number of hydrogen-bond donors (Lipinski definition) is 0. The van der Waals surface area contributed by atoms with Crippen molar-refractivity contribution in [2.24, 2.45) is 5.18 Å². The third-order valence-corrected chi connectivity index (χ3v) is 8.09. The van der Waals surface area contributed by atoms with Gasteiger partial charge in [0.2, 0.25) is 0 Å². The number of furan rings is 1. The predicted octanol–water partition coefficient (Wildman–Crippen LogP) is 6.88. The predicted molar refractivity (Wildman–Crippen MR) is 130 cm³/mol. The van der Waals surface area contributed by atoms with Crippen molar-refractivity contribution in [3.8, 4) is 22.5 Å². The summed E-state index contributed by atoms with van der Waals surface area (Å²) in [5.74, 6) is 2.50. The smallest absolute Gasteiger partial charge is 0.142 e. The Balaban J connectivity index is 1.31. The van der Waals surface area contributed by atoms with Gasteiger partial charge in [-0.25, -0.2) is 0 Å². The van der Waals surface area contributed by atoms with Crippen LogP contribution in [0.25, 0.3) is 22.5 Å². The van der Waals surface area contributed by atoms with Gasteiger partial charge in [0.05, 0.1) is 0 Å². The molecule has 0 spiro atoms. The van der Waals surface area contributed by atoms with E-state index in [0.717, 1.165) is 65.5 Å². The number of aromatic nitrogens is 1. The highest BCUT2D eigenvalue weighted by Crippen LogP contribution is 2.43. The molecular weight excluding hydrogens is 410 g/mol. The number of pyridine rings is 1. The fourth-order valence-electron chi connectivity index (χ4n) is 6.23. The molecule has 1 atom stereocenters. The Morgan fingerprint density at radius 1 is 0.909 bits per heavy atom. The molecule has 2 fully saturated rings. The summed E-state index contributed by atoms with van der Waals surface area (Å²) in [5, 5.41) is 3.32. The lowest BCUT2D eigenvalue weighted by molar-refractivity contribution is 0.148. The summed E-state index contributed by atoms with van der Waals surface area (Å²) in [4.78, 5) is 18.1. The summed E-state index contributed by atoms with van der Waals surface area (Å²) in [5.41, 5.74) is 5.68. The maximum atomic E-state index is 11.2. The van der Waals surface area contributed by atoms with Crippen LogP contribution in [0.1, 0.15) is 73.8 Å². The molecule has 2 aliphatic carbocycles. The van der Waals surface area contributed by atoms with Gasteiger partial charge in [0, 0.05) is 35.5 Å². The number of piperidine rings is 1. The number of hydrogen-bond acceptors (Lipinski definition) is 5. The molecule has 1 unspecified atom stereocenters. The van der Waals surface area contributed by atoms with Gasteiger partial charge in [-0.3, -0.25) is 4.98 Å². The van der Waals surface area contributed by atoms with Crippen LogP contribution in [0.4, 0.5) is 0 Å². The number of likely N-dealkylation sites (tertiary alicyclic amines) is 1. The molecule has 5 nitrogen and oxygen atoms in total. The zero-order chi connectivity index (χ0) is 22.2. The second-order valence-corrected chi connectivity index (χ2v) is 9.95. The second kappa shape index (κ2) is 8.86. The van der Waals surface area contributed by atoms with Gasteiger partial charge in [-0.1, -0.05) is 36.2 Å². The van der Waals surface area contributed by atoms with Gasteiger partial charge in [0.15, 0.2) is 0 Å². The van der Waals surface area contributed by atoms with Crippen molar-refractivity contribution in [1.82, 2.24) is 9.88 Å². The number of aryl methyl sites for hydroxylation is 1. The summed E-state index contributed by atoms with van der Waals surface area (Å²) in [6.07, 6.45) is 13.2. The molecule has 1 aliphatic heterocycles. The molecule has 1 aromatic carbocycles. The van der Waals surface area contributed by atoms with Gasteiger partial charge in [0.25, 0.3) is 0 Å². The lowest BCUT2D eigenvalue weighted by Crippen LogP contribution is -2.39. The molecule has 33 heavy (non-hydrogen) atoms. The Bertz CT molecular complexity index is 1130. The van der Waals surface area contributed by atoms with Crippen LogP contribution in [-0.4, -0.2) is 29.0 Å². The molecule has 3 aromatic rings. The first-order valence-corrected chi connectivity index (χ1v) is 12.5. The fourth-order valence-corrected chi connectivity index (χ4v) is 6.23. The highest BCUT2D eigenvalue weighted by molar-refractivity contribution is 5.81. The Hall–Kier alpha value is -2.79. The minimum Gasteiger partial charge on any atom is -0.460 e. The van der Waals surface area contributed by atoms with E-state index in [1.807, 2.05) is 24.5 Å². The van der Waals surface area contributed by atoms with E-state index >= 15 is 0 Å². The number of rotatable bonds is 5. The summed E-state index contributed by atoms with van der Waals surface area (Å²) in [7, 11) is 0. The fraction of sp³-hybridized carbons (Fsp3) is 0.464. The molecule has 1 saturated heterocycles. The molecule has 0 bridgehead atoms. The maximum absolute atomic E-state index is 11.2. The van der Waals surface area contributed by atoms with E-state index in [-0.39, 0.29) is 6.04 Å². The van der Waals surface area contributed by atoms with Crippen LogP contribution in [0.2, 0.25) is 0 Å². The molecule has 5 heteroatoms. The number of nitrogens with zero attached hydrogens (tertiary/aromatic N) is 3. The van der Waals surface area contributed by atoms with Crippen LogP contribution in [-0.2, 0) is 6.42 Å². The first-order valence-electron chi connectivity index (χ1n) is 12.5. The largest absolute Gasteiger partial charge is 0.460 e. The van der Waals surface area contributed by atoms with E-state index in [1.54, 1.807) is 0 Å². The molecule has 6 rings (SSSR count). The number of benzene rings is 1. The van der Waals surface area contributed by atoms with Gasteiger partial charge in [-0.05, 0) is 86.5 Å². The highest BCUT2D eigenvalue weighted by atomic mass is 16.3. The Labute approximate surface area is 195 Å². The van der Waals surface area contributed by atoms with Crippen LogP contribution >= 0.6 is 0 Å². The zero-order valence-electron chi connectivity index (χ0n) is 19.1. The van der Waals surface area contributed by atoms with Gasteiger partial charge in [-0.2, -0.15) is 4.91 Å². The van der Waals surface area contributed by atoms with Crippen LogP contribution in [0, 0.1) is 4.91 Å². The molecule has 0 radical (unpaired) electrons. The lowest BCUT2D eigenvalue weighted by atomic mass is 9.92. The van der Waals surface area contributed by atoms with Crippen LogP contribution < -0.4 is 0 Å². The minimum atomic E-state index is -0.196. The summed E-state index contributed by atoms with van der Waals surface area (Å²) < 4.78 is 6.60. The lowest BCUT2D eigenvalue weighted by Gasteiger charge is -2.35. The second-order valence-electron chi connectivity index (χ2n) is 9.95. The van der Waals surface area contributed by atoms with E-state index in [2.05, 4.69) is 39.3 Å². The first-order chi connectivity index (χ1) is 16.3. The van der Waals surface area contributed by atoms with E-state index in [0.29, 0.717) is 5.92 Å². The van der Waals surface area contributed by atoms with Crippen molar-refractivity contribution in [1.29, 1.82) is 0 Å². The van der Waals surface area contributed by atoms with Crippen molar-refractivity contribution in [3.05, 3.63) is 70.6 Å². The third-order valence-electron chi connectivity index (χ3n) is 8.09. The molecule has 3 aliphatic rings. The summed E-state index contributed by atoms with van der Waals surface area (Å²) >= 11 is 0. The van der Waals surface area contributed by atoms with Gasteiger partial charge in [0.1, 0.15) is 17.6 Å². The molecule has 1 saturated carbocycles. The van der Waals surface area contributed by atoms with Crippen molar-refractivity contribution in [2.75, 3.05) is 13.1 Å². The van der Waals surface area contributed by atoms with E-state index in [4.69, 9.17) is 4.42 Å². The summed E-state index contributed by atoms with van der Waals surface area (Å²) in [6, 6.07) is 13.4. The topological polar surface area (TPSA) is 58.7 Å². The van der Waals surface area contributed by atoms with Gasteiger partial charge in [-0.15, -0.1) is 0 Å². The first kappa shape index (κ1) is 20.8. The van der Waals surface area contributed by atoms with Crippen molar-refractivity contribution in [2.45, 2.75) is 69.4 Å².